The number of nitrogen functional groups attached to an aromatic ring is 1. The Morgan fingerprint density at radius 1 is 1.50 bits per heavy atom. The van der Waals surface area contributed by atoms with Crippen molar-refractivity contribution in [3.8, 4) is 0 Å². The molecule has 0 radical (unpaired) electrons. The minimum absolute atomic E-state index is 0.0530. The number of hydrogen-bond acceptors (Lipinski definition) is 3. The molecule has 4 nitrogen and oxygen atoms in total. The minimum atomic E-state index is -2.49. The third-order valence-electron chi connectivity index (χ3n) is 2.28. The molecule has 1 aromatic carbocycles. The van der Waals surface area contributed by atoms with Crippen molar-refractivity contribution in [1.29, 1.82) is 0 Å². The van der Waals surface area contributed by atoms with E-state index in [2.05, 4.69) is 10.1 Å². The minimum Gasteiger partial charge on any atom is -0.399 e. The van der Waals surface area contributed by atoms with Crippen LogP contribution in [0.1, 0.15) is 15.9 Å². The number of nitrogens with two attached hydrogens (primary N) is 1. The summed E-state index contributed by atoms with van der Waals surface area (Å²) in [5, 5.41) is 2.58. The molecule has 0 atom stereocenters. The first-order valence-corrected chi connectivity index (χ1v) is 5.51. The van der Waals surface area contributed by atoms with Gasteiger partial charge in [0, 0.05) is 17.8 Å². The van der Waals surface area contributed by atoms with Crippen molar-refractivity contribution in [1.82, 2.24) is 5.32 Å². The van der Waals surface area contributed by atoms with Crippen molar-refractivity contribution >= 4 is 11.6 Å². The molecule has 100 valence electrons. The molecule has 0 aliphatic heterocycles. The Morgan fingerprint density at radius 3 is 2.89 bits per heavy atom. The maximum atomic E-state index is 11.8. The number of rotatable bonds is 6. The highest BCUT2D eigenvalue weighted by Gasteiger charge is 2.08. The predicted octanol–water partition coefficient (Wildman–Crippen LogP) is 1.59. The third-order valence-corrected chi connectivity index (χ3v) is 2.28. The van der Waals surface area contributed by atoms with E-state index in [1.165, 1.54) is 0 Å². The number of hydrogen-bond donors (Lipinski definition) is 2. The van der Waals surface area contributed by atoms with Gasteiger partial charge in [0.05, 0.1) is 6.61 Å². The second kappa shape index (κ2) is 6.90. The Bertz CT molecular complexity index is 411. The maximum Gasteiger partial charge on any atom is 0.261 e. The third kappa shape index (κ3) is 4.67. The molecule has 18 heavy (non-hydrogen) atoms. The summed E-state index contributed by atoms with van der Waals surface area (Å²) in [6.45, 7) is 1.41. The number of nitrogens with one attached hydrogen (secondary N) is 1. The molecule has 6 heteroatoms. The van der Waals surface area contributed by atoms with E-state index in [1.807, 2.05) is 0 Å². The Labute approximate surface area is 104 Å². The first-order valence-electron chi connectivity index (χ1n) is 5.51. The summed E-state index contributed by atoms with van der Waals surface area (Å²) in [4.78, 5) is 11.7. The van der Waals surface area contributed by atoms with Crippen LogP contribution in [0.2, 0.25) is 0 Å². The fraction of sp³-hybridized carbons (Fsp3) is 0.417. The Kier molecular flexibility index (Phi) is 5.51. The topological polar surface area (TPSA) is 64.4 Å². The Morgan fingerprint density at radius 2 is 2.22 bits per heavy atom. The highest BCUT2D eigenvalue weighted by molar-refractivity contribution is 5.96. The molecule has 0 saturated carbocycles. The number of aryl methyl sites for hydroxylation is 1. The number of carbonyl (C=O) groups excluding carboxylic acids is 1. The van der Waals surface area contributed by atoms with Crippen LogP contribution in [0.25, 0.3) is 0 Å². The van der Waals surface area contributed by atoms with Crippen molar-refractivity contribution in [3.05, 3.63) is 29.3 Å². The Balaban J connectivity index is 2.39. The summed E-state index contributed by atoms with van der Waals surface area (Å²) in [7, 11) is 0. The van der Waals surface area contributed by atoms with E-state index in [0.717, 1.165) is 5.56 Å². The van der Waals surface area contributed by atoms with E-state index < -0.39 is 13.0 Å². The van der Waals surface area contributed by atoms with Crippen molar-refractivity contribution < 1.29 is 18.3 Å². The van der Waals surface area contributed by atoms with Crippen LogP contribution in [0.3, 0.4) is 0 Å². The van der Waals surface area contributed by atoms with E-state index in [0.29, 0.717) is 11.3 Å². The summed E-state index contributed by atoms with van der Waals surface area (Å²) < 4.78 is 28.2. The van der Waals surface area contributed by atoms with Crippen LogP contribution >= 0.6 is 0 Å². The molecule has 0 heterocycles. The molecule has 0 spiro atoms. The van der Waals surface area contributed by atoms with Gasteiger partial charge in [0.1, 0.15) is 6.61 Å². The number of amides is 1. The van der Waals surface area contributed by atoms with Crippen LogP contribution in [0.4, 0.5) is 14.5 Å². The second-order valence-corrected chi connectivity index (χ2v) is 3.80. The number of halogens is 2. The number of carbonyl (C=O) groups is 1. The van der Waals surface area contributed by atoms with Gasteiger partial charge in [0.2, 0.25) is 0 Å². The van der Waals surface area contributed by atoms with E-state index in [9.17, 15) is 13.6 Å². The van der Waals surface area contributed by atoms with Crippen LogP contribution in [0.5, 0.6) is 0 Å². The van der Waals surface area contributed by atoms with Gasteiger partial charge in [0.15, 0.2) is 0 Å². The molecule has 0 bridgehead atoms. The van der Waals surface area contributed by atoms with Gasteiger partial charge in [-0.05, 0) is 24.6 Å². The normalized spacial score (nSPS) is 10.7. The van der Waals surface area contributed by atoms with Gasteiger partial charge < -0.3 is 15.8 Å². The molecule has 0 unspecified atom stereocenters. The average Bonchev–Trinajstić information content (AvgIpc) is 2.31. The van der Waals surface area contributed by atoms with Crippen molar-refractivity contribution in [2.75, 3.05) is 25.5 Å². The summed E-state index contributed by atoms with van der Waals surface area (Å²) in [6, 6.07) is 5.03. The zero-order chi connectivity index (χ0) is 13.5. The molecule has 0 aliphatic carbocycles. The van der Waals surface area contributed by atoms with Crippen molar-refractivity contribution in [2.45, 2.75) is 13.3 Å². The highest BCUT2D eigenvalue weighted by Crippen LogP contribution is 2.12. The molecule has 0 saturated heterocycles. The van der Waals surface area contributed by atoms with Gasteiger partial charge in [-0.3, -0.25) is 4.79 Å². The summed E-state index contributed by atoms with van der Waals surface area (Å²) in [5.74, 6) is -0.291. The number of ether oxygens (including phenoxy) is 1. The second-order valence-electron chi connectivity index (χ2n) is 3.80. The van der Waals surface area contributed by atoms with Gasteiger partial charge in [-0.2, -0.15) is 0 Å². The van der Waals surface area contributed by atoms with Crippen LogP contribution in [0, 0.1) is 6.92 Å². The fourth-order valence-electron chi connectivity index (χ4n) is 1.39. The van der Waals surface area contributed by atoms with Crippen LogP contribution in [-0.4, -0.2) is 32.1 Å². The van der Waals surface area contributed by atoms with E-state index in [4.69, 9.17) is 5.73 Å². The van der Waals surface area contributed by atoms with Crippen LogP contribution < -0.4 is 11.1 Å². The molecule has 1 aromatic rings. The largest absolute Gasteiger partial charge is 0.399 e. The standard InChI is InChI=1S/C12H16F2N2O2/c1-8-2-3-9(15)6-10(8)12(17)16-4-5-18-7-11(13)14/h2-3,6,11H,4-5,7,15H2,1H3,(H,16,17). The molecule has 0 aliphatic rings. The van der Waals surface area contributed by atoms with Crippen LogP contribution in [-0.2, 0) is 4.74 Å². The zero-order valence-electron chi connectivity index (χ0n) is 10.1. The summed E-state index contributed by atoms with van der Waals surface area (Å²) in [5.41, 5.74) is 7.36. The van der Waals surface area contributed by atoms with Gasteiger partial charge in [0.25, 0.3) is 12.3 Å². The molecule has 3 N–H and O–H groups in total. The lowest BCUT2D eigenvalue weighted by atomic mass is 10.1. The number of anilines is 1. The SMILES string of the molecule is Cc1ccc(N)cc1C(=O)NCCOCC(F)F. The van der Waals surface area contributed by atoms with Gasteiger partial charge in [-0.1, -0.05) is 6.07 Å². The monoisotopic (exact) mass is 258 g/mol. The smallest absolute Gasteiger partial charge is 0.261 e. The summed E-state index contributed by atoms with van der Waals surface area (Å²) >= 11 is 0. The van der Waals surface area contributed by atoms with Gasteiger partial charge in [-0.15, -0.1) is 0 Å². The quantitative estimate of drug-likeness (QED) is 0.601. The maximum absolute atomic E-state index is 11.8. The van der Waals surface area contributed by atoms with Crippen LogP contribution in [0.15, 0.2) is 18.2 Å². The van der Waals surface area contributed by atoms with E-state index in [-0.39, 0.29) is 19.1 Å². The Hall–Kier alpha value is -1.69. The molecule has 1 amide bonds. The lowest BCUT2D eigenvalue weighted by Gasteiger charge is -2.08. The molecular weight excluding hydrogens is 242 g/mol. The number of alkyl halides is 2. The average molecular weight is 258 g/mol. The number of benzene rings is 1. The lowest BCUT2D eigenvalue weighted by molar-refractivity contribution is 0.0188. The fourth-order valence-corrected chi connectivity index (χ4v) is 1.39. The van der Waals surface area contributed by atoms with Gasteiger partial charge >= 0.3 is 0 Å². The van der Waals surface area contributed by atoms with E-state index in [1.54, 1.807) is 25.1 Å². The summed E-state index contributed by atoms with van der Waals surface area (Å²) in [6.07, 6.45) is -2.49. The first kappa shape index (κ1) is 14.4. The molecular formula is C12H16F2N2O2. The highest BCUT2D eigenvalue weighted by atomic mass is 19.3. The van der Waals surface area contributed by atoms with E-state index >= 15 is 0 Å². The van der Waals surface area contributed by atoms with Crippen molar-refractivity contribution in [3.63, 3.8) is 0 Å². The predicted molar refractivity (Wildman–Crippen MR) is 64.7 cm³/mol. The zero-order valence-corrected chi connectivity index (χ0v) is 10.1. The molecule has 0 aromatic heterocycles. The molecule has 0 fully saturated rings. The first-order chi connectivity index (χ1) is 8.50. The molecule has 1 rings (SSSR count). The van der Waals surface area contributed by atoms with Crippen molar-refractivity contribution in [2.24, 2.45) is 0 Å². The van der Waals surface area contributed by atoms with Gasteiger partial charge in [-0.25, -0.2) is 8.78 Å². The lowest BCUT2D eigenvalue weighted by Crippen LogP contribution is -2.28.